The number of benzene rings is 1. The number of aryl methyl sites for hydroxylation is 1. The van der Waals surface area contributed by atoms with Crippen LogP contribution in [0.2, 0.25) is 0 Å². The lowest BCUT2D eigenvalue weighted by Gasteiger charge is -2.13. The van der Waals surface area contributed by atoms with Crippen molar-refractivity contribution in [3.63, 3.8) is 0 Å². The fourth-order valence-electron chi connectivity index (χ4n) is 1.71. The number of nitrogens with one attached hydrogen (secondary N) is 1. The number of hydrogen-bond acceptors (Lipinski definition) is 4. The van der Waals surface area contributed by atoms with Gasteiger partial charge in [0.2, 0.25) is 0 Å². The Morgan fingerprint density at radius 3 is 2.79 bits per heavy atom. The Hall–Kier alpha value is -2.43. The van der Waals surface area contributed by atoms with Crippen molar-refractivity contribution >= 4 is 12.2 Å². The third-order valence-corrected chi connectivity index (χ3v) is 2.66. The lowest BCUT2D eigenvalue weighted by Crippen LogP contribution is -2.36. The molecular weight excluding hydrogens is 242 g/mol. The van der Waals surface area contributed by atoms with Crippen LogP contribution in [0.3, 0.4) is 0 Å². The second kappa shape index (κ2) is 5.95. The van der Waals surface area contributed by atoms with Crippen molar-refractivity contribution in [3.8, 4) is 0 Å². The number of aromatic amines is 1. The van der Waals surface area contributed by atoms with Gasteiger partial charge in [-0.1, -0.05) is 30.3 Å². The van der Waals surface area contributed by atoms with Gasteiger partial charge in [0.1, 0.15) is 5.82 Å². The monoisotopic (exact) mass is 256 g/mol. The summed E-state index contributed by atoms with van der Waals surface area (Å²) >= 11 is 0. The van der Waals surface area contributed by atoms with E-state index >= 15 is 0 Å². The molecule has 0 saturated carbocycles. The van der Waals surface area contributed by atoms with Crippen molar-refractivity contribution in [2.45, 2.75) is 19.4 Å². The molecule has 2 rings (SSSR count). The highest BCUT2D eigenvalue weighted by molar-refractivity contribution is 5.81. The Morgan fingerprint density at radius 2 is 2.21 bits per heavy atom. The van der Waals surface area contributed by atoms with E-state index in [2.05, 4.69) is 15.0 Å². The zero-order chi connectivity index (χ0) is 13.7. The lowest BCUT2D eigenvalue weighted by atomic mass is 10.1. The van der Waals surface area contributed by atoms with Crippen LogP contribution in [0, 0.1) is 6.92 Å². The second-order valence-corrected chi connectivity index (χ2v) is 4.23. The maximum atomic E-state index is 11.1. The van der Waals surface area contributed by atoms with Gasteiger partial charge in [0, 0.05) is 12.6 Å². The highest BCUT2D eigenvalue weighted by atomic mass is 16.4. The summed E-state index contributed by atoms with van der Waals surface area (Å²) in [5.41, 5.74) is 1.59. The van der Waals surface area contributed by atoms with Crippen LogP contribution in [-0.2, 0) is 11.2 Å². The first-order chi connectivity index (χ1) is 9.15. The van der Waals surface area contributed by atoms with E-state index < -0.39 is 12.0 Å². The number of H-pyrrole nitrogens is 1. The molecule has 0 radical (unpaired) electrons. The highest BCUT2D eigenvalue weighted by Gasteiger charge is 2.08. The molecule has 0 spiro atoms. The summed E-state index contributed by atoms with van der Waals surface area (Å²) in [6.07, 6.45) is 3.39. The molecule has 98 valence electrons. The number of aliphatic carboxylic acids is 1. The van der Waals surface area contributed by atoms with Crippen molar-refractivity contribution < 1.29 is 9.90 Å². The molecule has 0 aliphatic heterocycles. The molecule has 1 N–H and O–H groups in total. The van der Waals surface area contributed by atoms with Crippen LogP contribution >= 0.6 is 0 Å². The quantitative estimate of drug-likeness (QED) is 0.791. The summed E-state index contributed by atoms with van der Waals surface area (Å²) in [7, 11) is 0. The molecule has 0 bridgehead atoms. The first-order valence-corrected chi connectivity index (χ1v) is 5.94. The van der Waals surface area contributed by atoms with E-state index in [4.69, 9.17) is 0 Å². The van der Waals surface area contributed by atoms with Crippen molar-refractivity contribution in [1.29, 1.82) is 0 Å². The molecule has 0 aliphatic rings. The maximum Gasteiger partial charge on any atom is 0.103 e. The van der Waals surface area contributed by atoms with Gasteiger partial charge in [-0.25, -0.2) is 4.98 Å². The molecule has 5 nitrogen and oxygen atoms in total. The third kappa shape index (κ3) is 3.77. The summed E-state index contributed by atoms with van der Waals surface area (Å²) in [6.45, 7) is 1.82. The number of aliphatic imine (C=N–C) groups is 1. The first kappa shape index (κ1) is 13.0. The van der Waals surface area contributed by atoms with E-state index in [1.54, 1.807) is 6.20 Å². The largest absolute Gasteiger partial charge is 0.548 e. The standard InChI is InChI=1S/C14H15N3O2/c1-10-15-8-12(17-10)9-16-13(14(18)19)7-11-5-3-2-4-6-11/h2-6,8-9,13H,7H2,1H3,(H,15,17)(H,18,19)/p-1/t13-/m1/s1. The zero-order valence-electron chi connectivity index (χ0n) is 10.5. The molecule has 1 aromatic heterocycles. The Morgan fingerprint density at radius 1 is 1.47 bits per heavy atom. The van der Waals surface area contributed by atoms with Gasteiger partial charge in [0.25, 0.3) is 0 Å². The number of carboxylic acids is 1. The average molecular weight is 256 g/mol. The summed E-state index contributed by atoms with van der Waals surface area (Å²) in [6, 6.07) is 8.45. The molecule has 0 amide bonds. The van der Waals surface area contributed by atoms with Gasteiger partial charge < -0.3 is 14.9 Å². The van der Waals surface area contributed by atoms with Crippen molar-refractivity contribution in [1.82, 2.24) is 9.97 Å². The molecular formula is C14H14N3O2-. The van der Waals surface area contributed by atoms with Crippen LogP contribution in [0.1, 0.15) is 17.1 Å². The van der Waals surface area contributed by atoms with E-state index in [0.717, 1.165) is 11.4 Å². The first-order valence-electron chi connectivity index (χ1n) is 5.94. The average Bonchev–Trinajstić information content (AvgIpc) is 2.81. The van der Waals surface area contributed by atoms with Crippen molar-refractivity contribution in [2.75, 3.05) is 0 Å². The second-order valence-electron chi connectivity index (χ2n) is 4.23. The maximum absolute atomic E-state index is 11.1. The summed E-state index contributed by atoms with van der Waals surface area (Å²) in [4.78, 5) is 22.1. The van der Waals surface area contributed by atoms with Crippen molar-refractivity contribution in [3.05, 3.63) is 53.6 Å². The number of carbonyl (C=O) groups excluding carboxylic acids is 1. The van der Waals surface area contributed by atoms with E-state index in [9.17, 15) is 9.90 Å². The fourth-order valence-corrected chi connectivity index (χ4v) is 1.71. The summed E-state index contributed by atoms with van der Waals surface area (Å²) < 4.78 is 0. The van der Waals surface area contributed by atoms with E-state index in [1.807, 2.05) is 37.3 Å². The Bertz CT molecular complexity index is 575. The molecule has 1 atom stereocenters. The molecule has 2 aromatic rings. The summed E-state index contributed by atoms with van der Waals surface area (Å²) in [5.74, 6) is -0.425. The minimum atomic E-state index is -1.18. The molecule has 0 saturated heterocycles. The van der Waals surface area contributed by atoms with Gasteiger partial charge in [-0.3, -0.25) is 4.99 Å². The molecule has 1 aromatic carbocycles. The predicted molar refractivity (Wildman–Crippen MR) is 69.9 cm³/mol. The number of nitrogens with zero attached hydrogens (tertiary/aromatic N) is 2. The van der Waals surface area contributed by atoms with Gasteiger partial charge >= 0.3 is 0 Å². The SMILES string of the molecule is Cc1ncc(C=N[C@H](Cc2ccccc2)C(=O)[O-])[nH]1. The van der Waals surface area contributed by atoms with Crippen LogP contribution in [-0.4, -0.2) is 28.2 Å². The Kier molecular flexibility index (Phi) is 4.07. The molecule has 0 aliphatic carbocycles. The van der Waals surface area contributed by atoms with Crippen LogP contribution in [0.4, 0.5) is 0 Å². The van der Waals surface area contributed by atoms with Crippen molar-refractivity contribution in [2.24, 2.45) is 4.99 Å². The zero-order valence-corrected chi connectivity index (χ0v) is 10.5. The number of hydrogen-bond donors (Lipinski definition) is 1. The molecule has 5 heteroatoms. The fraction of sp³-hybridized carbons (Fsp3) is 0.214. The minimum Gasteiger partial charge on any atom is -0.548 e. The Balaban J connectivity index is 2.08. The predicted octanol–water partition coefficient (Wildman–Crippen LogP) is 0.498. The lowest BCUT2D eigenvalue weighted by molar-refractivity contribution is -0.307. The topological polar surface area (TPSA) is 81.2 Å². The van der Waals surface area contributed by atoms with Crippen LogP contribution in [0.5, 0.6) is 0 Å². The van der Waals surface area contributed by atoms with Gasteiger partial charge in [-0.05, 0) is 12.5 Å². The number of aromatic nitrogens is 2. The number of carboxylic acid groups (broad SMARTS) is 1. The summed E-state index contributed by atoms with van der Waals surface area (Å²) in [5, 5.41) is 11.1. The third-order valence-electron chi connectivity index (χ3n) is 2.66. The van der Waals surface area contributed by atoms with Crippen LogP contribution in [0.25, 0.3) is 0 Å². The van der Waals surface area contributed by atoms with Gasteiger partial charge in [-0.15, -0.1) is 0 Å². The van der Waals surface area contributed by atoms with Gasteiger partial charge in [-0.2, -0.15) is 0 Å². The van der Waals surface area contributed by atoms with Crippen LogP contribution < -0.4 is 5.11 Å². The minimum absolute atomic E-state index is 0.312. The van der Waals surface area contributed by atoms with Gasteiger partial charge in [0.15, 0.2) is 0 Å². The smallest absolute Gasteiger partial charge is 0.103 e. The normalized spacial score (nSPS) is 12.7. The van der Waals surface area contributed by atoms with E-state index in [0.29, 0.717) is 12.1 Å². The van der Waals surface area contributed by atoms with Crippen LogP contribution in [0.15, 0.2) is 41.5 Å². The Labute approximate surface area is 111 Å². The van der Waals surface area contributed by atoms with E-state index in [-0.39, 0.29) is 0 Å². The molecule has 19 heavy (non-hydrogen) atoms. The molecule has 0 fully saturated rings. The number of imidazole rings is 1. The van der Waals surface area contributed by atoms with Gasteiger partial charge in [0.05, 0.1) is 23.9 Å². The molecule has 0 unspecified atom stereocenters. The number of carbonyl (C=O) groups is 1. The number of rotatable bonds is 5. The molecule has 1 heterocycles. The highest BCUT2D eigenvalue weighted by Crippen LogP contribution is 2.05. The van der Waals surface area contributed by atoms with E-state index in [1.165, 1.54) is 6.21 Å².